The summed E-state index contributed by atoms with van der Waals surface area (Å²) >= 11 is 0. The Balaban J connectivity index is 1.24. The van der Waals surface area contributed by atoms with Gasteiger partial charge in [0.15, 0.2) is 0 Å². The molecule has 1 atom stereocenters. The number of carbonyl (C=O) groups is 1. The van der Waals surface area contributed by atoms with Crippen molar-refractivity contribution in [2.24, 2.45) is 0 Å². The van der Waals surface area contributed by atoms with E-state index in [1.54, 1.807) is 12.4 Å². The van der Waals surface area contributed by atoms with Gasteiger partial charge < -0.3 is 14.4 Å². The van der Waals surface area contributed by atoms with Gasteiger partial charge in [-0.2, -0.15) is 0 Å². The number of likely N-dealkylation sites (tertiary alicyclic amines) is 1. The standard InChI is InChI=1S/C21H28N2O3/c24-20(12-17-4-2-1-3-5-17)23-15-21(16-23)13-19(8-11-26-21)25-14-18-6-9-22-10-7-18/h4,6-7,9-10,19H,1-3,5,8,11-16H2/t19-/m1/s1. The van der Waals surface area contributed by atoms with Crippen molar-refractivity contribution < 1.29 is 14.3 Å². The van der Waals surface area contributed by atoms with Crippen LogP contribution in [0.25, 0.3) is 0 Å². The van der Waals surface area contributed by atoms with Gasteiger partial charge in [-0.15, -0.1) is 0 Å². The molecule has 1 spiro atoms. The minimum atomic E-state index is -0.183. The van der Waals surface area contributed by atoms with E-state index >= 15 is 0 Å². The summed E-state index contributed by atoms with van der Waals surface area (Å²) in [4.78, 5) is 18.5. The van der Waals surface area contributed by atoms with E-state index in [9.17, 15) is 4.79 Å². The summed E-state index contributed by atoms with van der Waals surface area (Å²) in [6, 6.07) is 3.97. The molecular formula is C21H28N2O3. The van der Waals surface area contributed by atoms with Gasteiger partial charge in [0.05, 0.1) is 25.8 Å². The molecule has 0 radical (unpaired) electrons. The van der Waals surface area contributed by atoms with Crippen LogP contribution in [0.3, 0.4) is 0 Å². The van der Waals surface area contributed by atoms with Crippen LogP contribution >= 0.6 is 0 Å². The van der Waals surface area contributed by atoms with Crippen molar-refractivity contribution in [2.45, 2.75) is 63.3 Å². The predicted octanol–water partition coefficient (Wildman–Crippen LogP) is 3.25. The number of hydrogen-bond donors (Lipinski definition) is 0. The highest BCUT2D eigenvalue weighted by atomic mass is 16.5. The van der Waals surface area contributed by atoms with Gasteiger partial charge in [-0.25, -0.2) is 0 Å². The van der Waals surface area contributed by atoms with Gasteiger partial charge in [0.25, 0.3) is 0 Å². The van der Waals surface area contributed by atoms with Crippen molar-refractivity contribution in [3.05, 3.63) is 41.7 Å². The monoisotopic (exact) mass is 356 g/mol. The summed E-state index contributed by atoms with van der Waals surface area (Å²) in [7, 11) is 0. The van der Waals surface area contributed by atoms with Crippen LogP contribution in [0.4, 0.5) is 0 Å². The molecule has 3 aliphatic rings. The molecule has 0 aromatic carbocycles. The Bertz CT molecular complexity index is 652. The van der Waals surface area contributed by atoms with Crippen LogP contribution in [0.1, 0.15) is 50.5 Å². The summed E-state index contributed by atoms with van der Waals surface area (Å²) in [6.07, 6.45) is 13.2. The number of carbonyl (C=O) groups excluding carboxylic acids is 1. The van der Waals surface area contributed by atoms with Crippen LogP contribution in [0.5, 0.6) is 0 Å². The third kappa shape index (κ3) is 4.15. The lowest BCUT2D eigenvalue weighted by Crippen LogP contribution is -2.67. The lowest BCUT2D eigenvalue weighted by Gasteiger charge is -2.53. The third-order valence-electron chi connectivity index (χ3n) is 5.76. The number of ether oxygens (including phenoxy) is 2. The van der Waals surface area contributed by atoms with E-state index in [1.807, 2.05) is 17.0 Å². The second-order valence-corrected chi connectivity index (χ2v) is 7.85. The number of hydrogen-bond acceptors (Lipinski definition) is 4. The molecule has 5 nitrogen and oxygen atoms in total. The van der Waals surface area contributed by atoms with Crippen LogP contribution in [0, 0.1) is 0 Å². The second-order valence-electron chi connectivity index (χ2n) is 7.85. The molecule has 4 rings (SSSR count). The van der Waals surface area contributed by atoms with E-state index in [0.717, 1.165) is 31.2 Å². The van der Waals surface area contributed by atoms with E-state index in [4.69, 9.17) is 9.47 Å². The largest absolute Gasteiger partial charge is 0.373 e. The summed E-state index contributed by atoms with van der Waals surface area (Å²) < 4.78 is 12.2. The lowest BCUT2D eigenvalue weighted by molar-refractivity contribution is -0.202. The molecule has 2 saturated heterocycles. The summed E-state index contributed by atoms with van der Waals surface area (Å²) in [5, 5.41) is 0. The molecule has 5 heteroatoms. The van der Waals surface area contributed by atoms with Gasteiger partial charge in [-0.05, 0) is 49.8 Å². The van der Waals surface area contributed by atoms with Crippen molar-refractivity contribution >= 4 is 5.91 Å². The quantitative estimate of drug-likeness (QED) is 0.760. The van der Waals surface area contributed by atoms with Crippen molar-refractivity contribution in [3.63, 3.8) is 0 Å². The summed E-state index contributed by atoms with van der Waals surface area (Å²) in [6.45, 7) is 2.76. The van der Waals surface area contributed by atoms with Crippen molar-refractivity contribution in [3.8, 4) is 0 Å². The molecule has 3 heterocycles. The molecule has 1 amide bonds. The van der Waals surface area contributed by atoms with Crippen LogP contribution in [-0.2, 0) is 20.9 Å². The minimum Gasteiger partial charge on any atom is -0.373 e. The summed E-state index contributed by atoms with van der Waals surface area (Å²) in [5.41, 5.74) is 2.29. The van der Waals surface area contributed by atoms with Crippen LogP contribution in [-0.4, -0.2) is 47.2 Å². The maximum absolute atomic E-state index is 12.5. The fraction of sp³-hybridized carbons (Fsp3) is 0.619. The Labute approximate surface area is 155 Å². The predicted molar refractivity (Wildman–Crippen MR) is 98.5 cm³/mol. The number of amides is 1. The number of rotatable bonds is 5. The zero-order valence-electron chi connectivity index (χ0n) is 15.4. The third-order valence-corrected chi connectivity index (χ3v) is 5.76. The number of pyridine rings is 1. The van der Waals surface area contributed by atoms with E-state index in [-0.39, 0.29) is 17.6 Å². The average molecular weight is 356 g/mol. The number of aromatic nitrogens is 1. The molecule has 0 bridgehead atoms. The Morgan fingerprint density at radius 1 is 1.31 bits per heavy atom. The highest BCUT2D eigenvalue weighted by Gasteiger charge is 2.49. The Morgan fingerprint density at radius 2 is 2.15 bits per heavy atom. The Hall–Kier alpha value is -1.72. The fourth-order valence-electron chi connectivity index (χ4n) is 4.24. The fourth-order valence-corrected chi connectivity index (χ4v) is 4.24. The van der Waals surface area contributed by atoms with Crippen molar-refractivity contribution in [1.29, 1.82) is 0 Å². The minimum absolute atomic E-state index is 0.183. The van der Waals surface area contributed by atoms with Gasteiger partial charge in [-0.1, -0.05) is 11.6 Å². The van der Waals surface area contributed by atoms with Crippen molar-refractivity contribution in [1.82, 2.24) is 9.88 Å². The first kappa shape index (κ1) is 17.7. The average Bonchev–Trinajstić information content (AvgIpc) is 2.66. The second kappa shape index (κ2) is 7.89. The first-order chi connectivity index (χ1) is 12.7. The zero-order valence-corrected chi connectivity index (χ0v) is 15.4. The molecule has 140 valence electrons. The van der Waals surface area contributed by atoms with E-state index < -0.39 is 0 Å². The molecule has 2 fully saturated rings. The molecule has 0 N–H and O–H groups in total. The Kier molecular flexibility index (Phi) is 5.36. The SMILES string of the molecule is O=C(CC1=CCCCC1)N1CC2(C[C@H](OCc3ccncc3)CCO2)C1. The molecule has 1 aromatic rings. The van der Waals surface area contributed by atoms with Gasteiger partial charge in [0.1, 0.15) is 5.60 Å². The van der Waals surface area contributed by atoms with E-state index in [2.05, 4.69) is 11.1 Å². The molecule has 0 unspecified atom stereocenters. The van der Waals surface area contributed by atoms with Crippen LogP contribution in [0.2, 0.25) is 0 Å². The molecule has 1 aliphatic carbocycles. The zero-order chi connectivity index (χ0) is 17.8. The lowest BCUT2D eigenvalue weighted by atomic mass is 9.84. The molecule has 1 aromatic heterocycles. The van der Waals surface area contributed by atoms with Gasteiger partial charge in [-0.3, -0.25) is 9.78 Å². The molecular weight excluding hydrogens is 328 g/mol. The van der Waals surface area contributed by atoms with Gasteiger partial charge in [0.2, 0.25) is 5.91 Å². The number of nitrogens with zero attached hydrogens (tertiary/aromatic N) is 2. The molecule has 2 aliphatic heterocycles. The maximum atomic E-state index is 12.5. The van der Waals surface area contributed by atoms with Crippen LogP contribution < -0.4 is 0 Å². The summed E-state index contributed by atoms with van der Waals surface area (Å²) in [5.74, 6) is 0.257. The molecule has 0 saturated carbocycles. The normalized spacial score (nSPS) is 24.8. The highest BCUT2D eigenvalue weighted by Crippen LogP contribution is 2.36. The van der Waals surface area contributed by atoms with E-state index in [1.165, 1.54) is 18.4 Å². The first-order valence-corrected chi connectivity index (χ1v) is 9.83. The van der Waals surface area contributed by atoms with Crippen LogP contribution in [0.15, 0.2) is 36.2 Å². The smallest absolute Gasteiger partial charge is 0.226 e. The topological polar surface area (TPSA) is 51.7 Å². The van der Waals surface area contributed by atoms with Gasteiger partial charge >= 0.3 is 0 Å². The highest BCUT2D eigenvalue weighted by molar-refractivity contribution is 5.80. The van der Waals surface area contributed by atoms with Gasteiger partial charge in [0, 0.05) is 31.8 Å². The molecule has 26 heavy (non-hydrogen) atoms. The Morgan fingerprint density at radius 3 is 2.92 bits per heavy atom. The van der Waals surface area contributed by atoms with Crippen molar-refractivity contribution in [2.75, 3.05) is 19.7 Å². The maximum Gasteiger partial charge on any atom is 0.226 e. The first-order valence-electron chi connectivity index (χ1n) is 9.83. The van der Waals surface area contributed by atoms with E-state index in [0.29, 0.717) is 32.7 Å². The number of allylic oxidation sites excluding steroid dienone is 1.